The molecule has 0 unspecified atom stereocenters. The minimum atomic E-state index is 1.20. The summed E-state index contributed by atoms with van der Waals surface area (Å²) in [6.07, 6.45) is 0. The van der Waals surface area contributed by atoms with E-state index >= 15 is 0 Å². The number of aromatic nitrogens is 2. The molecular formula is C36H23BN2S. The average molecular weight is 526 g/mol. The van der Waals surface area contributed by atoms with Crippen LogP contribution in [0.15, 0.2) is 127 Å². The largest absolute Gasteiger partial charge is 0.309 e. The van der Waals surface area contributed by atoms with Crippen molar-refractivity contribution in [2.75, 3.05) is 0 Å². The molecule has 0 aliphatic rings. The van der Waals surface area contributed by atoms with Gasteiger partial charge < -0.3 is 9.13 Å². The number of hydrogen-bond donors (Lipinski definition) is 0. The number of benzene rings is 6. The van der Waals surface area contributed by atoms with Gasteiger partial charge in [0, 0.05) is 53.1 Å². The van der Waals surface area contributed by atoms with E-state index in [4.69, 9.17) is 0 Å². The van der Waals surface area contributed by atoms with Crippen LogP contribution in [0.2, 0.25) is 0 Å². The molecule has 9 rings (SSSR count). The van der Waals surface area contributed by atoms with E-state index in [1.54, 1.807) is 0 Å². The molecule has 0 atom stereocenters. The Labute approximate surface area is 235 Å². The van der Waals surface area contributed by atoms with Crippen molar-refractivity contribution in [1.82, 2.24) is 9.13 Å². The fourth-order valence-electron chi connectivity index (χ4n) is 6.69. The van der Waals surface area contributed by atoms with Crippen LogP contribution >= 0.6 is 11.3 Å². The van der Waals surface area contributed by atoms with Gasteiger partial charge in [0.15, 0.2) is 0 Å². The Bertz CT molecular complexity index is 2350. The summed E-state index contributed by atoms with van der Waals surface area (Å²) in [6, 6.07) is 46.7. The maximum Gasteiger partial charge on any atom is 0.141 e. The summed E-state index contributed by atoms with van der Waals surface area (Å²) >= 11 is 1.90. The first-order chi connectivity index (χ1) is 19.8. The molecule has 0 amide bonds. The third-order valence-corrected chi connectivity index (χ3v) is 9.72. The minimum absolute atomic E-state index is 1.20. The molecule has 3 heterocycles. The molecule has 2 nitrogen and oxygen atoms in total. The summed E-state index contributed by atoms with van der Waals surface area (Å²) in [5.74, 6) is 0. The Morgan fingerprint density at radius 3 is 1.40 bits per heavy atom. The van der Waals surface area contributed by atoms with Gasteiger partial charge >= 0.3 is 0 Å². The third kappa shape index (κ3) is 2.94. The van der Waals surface area contributed by atoms with E-state index in [1.165, 1.54) is 80.6 Å². The lowest BCUT2D eigenvalue weighted by molar-refractivity contribution is 1.19. The molecular weight excluding hydrogens is 503 g/mol. The lowest BCUT2D eigenvalue weighted by Gasteiger charge is -2.11. The standard InChI is InChI=1S/C36H23BN2S/c37-30-21-23(39-33-15-7-3-11-26(33)27-12-4-8-16-34(27)39)20-29-28-19-22(17-18-35(28)40-36(29)30)38-31-13-5-1-9-24(31)25-10-2-6-14-32(25)38/h1-21H,37H2. The lowest BCUT2D eigenvalue weighted by Crippen LogP contribution is -2.05. The molecule has 0 spiro atoms. The van der Waals surface area contributed by atoms with Crippen molar-refractivity contribution in [3.05, 3.63) is 127 Å². The summed E-state index contributed by atoms with van der Waals surface area (Å²) in [4.78, 5) is 0. The van der Waals surface area contributed by atoms with Gasteiger partial charge in [0.05, 0.1) is 22.1 Å². The highest BCUT2D eigenvalue weighted by Gasteiger charge is 2.17. The van der Waals surface area contributed by atoms with Crippen molar-refractivity contribution in [3.63, 3.8) is 0 Å². The molecule has 0 aliphatic carbocycles. The Balaban J connectivity index is 1.35. The Morgan fingerprint density at radius 1 is 0.425 bits per heavy atom. The molecule has 0 fully saturated rings. The number of rotatable bonds is 2. The lowest BCUT2D eigenvalue weighted by atomic mass is 9.93. The maximum atomic E-state index is 2.43. The molecule has 186 valence electrons. The molecule has 6 aromatic carbocycles. The monoisotopic (exact) mass is 526 g/mol. The van der Waals surface area contributed by atoms with Crippen LogP contribution in [-0.4, -0.2) is 17.0 Å². The van der Waals surface area contributed by atoms with Crippen LogP contribution < -0.4 is 5.46 Å². The summed E-state index contributed by atoms with van der Waals surface area (Å²) in [7, 11) is 2.25. The highest BCUT2D eigenvalue weighted by molar-refractivity contribution is 7.26. The number of para-hydroxylation sites is 4. The van der Waals surface area contributed by atoms with Crippen molar-refractivity contribution in [3.8, 4) is 11.4 Å². The fourth-order valence-corrected chi connectivity index (χ4v) is 7.82. The quantitative estimate of drug-likeness (QED) is 0.200. The SMILES string of the molecule is Bc1cc(-n2c3ccccc3c3ccccc32)cc2c1sc1ccc(-n3c4ccccc4c4ccccc43)cc12. The molecule has 40 heavy (non-hydrogen) atoms. The molecule has 3 aromatic heterocycles. The van der Waals surface area contributed by atoms with Crippen molar-refractivity contribution in [2.24, 2.45) is 0 Å². The smallest absolute Gasteiger partial charge is 0.141 e. The highest BCUT2D eigenvalue weighted by Crippen LogP contribution is 2.39. The van der Waals surface area contributed by atoms with E-state index in [0.717, 1.165) is 0 Å². The predicted octanol–water partition coefficient (Wildman–Crippen LogP) is 8.51. The van der Waals surface area contributed by atoms with Crippen LogP contribution in [0.5, 0.6) is 0 Å². The topological polar surface area (TPSA) is 9.86 Å². The van der Waals surface area contributed by atoms with E-state index in [1.807, 2.05) is 11.3 Å². The van der Waals surface area contributed by atoms with E-state index < -0.39 is 0 Å². The van der Waals surface area contributed by atoms with Gasteiger partial charge in [-0.15, -0.1) is 11.3 Å². The maximum absolute atomic E-state index is 2.43. The van der Waals surface area contributed by atoms with E-state index in [2.05, 4.69) is 144 Å². The second-order valence-electron chi connectivity index (χ2n) is 10.7. The van der Waals surface area contributed by atoms with Crippen LogP contribution in [0.4, 0.5) is 0 Å². The molecule has 0 radical (unpaired) electrons. The molecule has 0 bridgehead atoms. The minimum Gasteiger partial charge on any atom is -0.309 e. The average Bonchev–Trinajstić information content (AvgIpc) is 3.65. The number of hydrogen-bond acceptors (Lipinski definition) is 1. The first-order valence-electron chi connectivity index (χ1n) is 13.7. The normalized spacial score (nSPS) is 12.1. The Hall–Kier alpha value is -4.80. The van der Waals surface area contributed by atoms with Crippen LogP contribution in [-0.2, 0) is 0 Å². The molecule has 0 N–H and O–H groups in total. The van der Waals surface area contributed by atoms with Gasteiger partial charge in [-0.1, -0.05) is 78.3 Å². The molecule has 0 saturated heterocycles. The highest BCUT2D eigenvalue weighted by atomic mass is 32.1. The second kappa shape index (κ2) is 8.11. The second-order valence-corrected chi connectivity index (χ2v) is 11.7. The van der Waals surface area contributed by atoms with Gasteiger partial charge in [0.25, 0.3) is 0 Å². The van der Waals surface area contributed by atoms with Gasteiger partial charge in [-0.2, -0.15) is 0 Å². The van der Waals surface area contributed by atoms with Gasteiger partial charge in [-0.25, -0.2) is 0 Å². The van der Waals surface area contributed by atoms with Gasteiger partial charge in [-0.05, 0) is 54.6 Å². The van der Waals surface area contributed by atoms with Crippen LogP contribution in [0.25, 0.3) is 75.2 Å². The summed E-state index contributed by atoms with van der Waals surface area (Å²) in [5, 5.41) is 7.79. The van der Waals surface area contributed by atoms with Crippen LogP contribution in [0, 0.1) is 0 Å². The Kier molecular flexibility index (Phi) is 4.47. The van der Waals surface area contributed by atoms with Gasteiger partial charge in [-0.3, -0.25) is 0 Å². The zero-order valence-electron chi connectivity index (χ0n) is 21.9. The first kappa shape index (κ1) is 22.1. The molecule has 4 heteroatoms. The van der Waals surface area contributed by atoms with Crippen molar-refractivity contribution >= 4 is 88.4 Å². The van der Waals surface area contributed by atoms with E-state index in [0.29, 0.717) is 0 Å². The Morgan fingerprint density at radius 2 is 0.875 bits per heavy atom. The number of thiophene rings is 1. The number of nitrogens with zero attached hydrogens (tertiary/aromatic N) is 2. The number of fused-ring (bicyclic) bond motifs is 9. The van der Waals surface area contributed by atoms with Crippen molar-refractivity contribution in [2.45, 2.75) is 0 Å². The first-order valence-corrected chi connectivity index (χ1v) is 14.5. The molecule has 0 saturated carbocycles. The van der Waals surface area contributed by atoms with Crippen molar-refractivity contribution in [1.29, 1.82) is 0 Å². The van der Waals surface area contributed by atoms with E-state index in [9.17, 15) is 0 Å². The van der Waals surface area contributed by atoms with Crippen LogP contribution in [0.1, 0.15) is 0 Å². The summed E-state index contributed by atoms with van der Waals surface area (Å²) in [6.45, 7) is 0. The predicted molar refractivity (Wildman–Crippen MR) is 176 cm³/mol. The van der Waals surface area contributed by atoms with Gasteiger partial charge in [0.2, 0.25) is 0 Å². The summed E-state index contributed by atoms with van der Waals surface area (Å²) in [5.41, 5.74) is 8.69. The summed E-state index contributed by atoms with van der Waals surface area (Å²) < 4.78 is 7.52. The molecule has 9 aromatic rings. The van der Waals surface area contributed by atoms with E-state index in [-0.39, 0.29) is 0 Å². The fraction of sp³-hybridized carbons (Fsp3) is 0. The van der Waals surface area contributed by atoms with Crippen LogP contribution in [0.3, 0.4) is 0 Å². The third-order valence-electron chi connectivity index (χ3n) is 8.40. The zero-order chi connectivity index (χ0) is 26.4. The van der Waals surface area contributed by atoms with Gasteiger partial charge in [0.1, 0.15) is 7.85 Å². The zero-order valence-corrected chi connectivity index (χ0v) is 22.7. The van der Waals surface area contributed by atoms with Crippen molar-refractivity contribution < 1.29 is 0 Å². The molecule has 0 aliphatic heterocycles.